The van der Waals surface area contributed by atoms with Gasteiger partial charge < -0.3 is 10.6 Å². The number of hydrogen-bond donors (Lipinski definition) is 1. The number of piperazine rings is 1. The molecular weight excluding hydrogens is 346 g/mol. The van der Waals surface area contributed by atoms with E-state index in [9.17, 15) is 5.26 Å². The molecule has 2 atom stereocenters. The largest absolute Gasteiger partial charge is 0.399 e. The second kappa shape index (κ2) is 6.50. The van der Waals surface area contributed by atoms with Crippen molar-refractivity contribution >= 4 is 22.3 Å². The number of nitrogens with two attached hydrogens (primary N) is 1. The molecule has 2 unspecified atom stereocenters. The highest BCUT2D eigenvalue weighted by Crippen LogP contribution is 2.34. The molecule has 2 aliphatic rings. The fourth-order valence-corrected chi connectivity index (χ4v) is 4.85. The topological polar surface area (TPSA) is 69.2 Å². The molecule has 2 aromatic carbocycles. The molecule has 5 rings (SSSR count). The van der Waals surface area contributed by atoms with E-state index in [1.165, 1.54) is 16.8 Å². The van der Waals surface area contributed by atoms with E-state index in [1.54, 1.807) is 6.20 Å². The van der Waals surface area contributed by atoms with Crippen molar-refractivity contribution in [3.63, 3.8) is 0 Å². The Balaban J connectivity index is 1.51. The first-order valence-electron chi connectivity index (χ1n) is 9.80. The minimum atomic E-state index is 0.451. The maximum absolute atomic E-state index is 9.43. The van der Waals surface area contributed by atoms with Gasteiger partial charge in [-0.25, -0.2) is 0 Å². The number of nitriles is 1. The van der Waals surface area contributed by atoms with Crippen molar-refractivity contribution in [3.8, 4) is 6.07 Å². The first kappa shape index (κ1) is 17.0. The molecule has 0 saturated carbocycles. The van der Waals surface area contributed by atoms with Crippen LogP contribution in [0.15, 0.2) is 48.7 Å². The van der Waals surface area contributed by atoms with Gasteiger partial charge in [0.2, 0.25) is 0 Å². The molecular formula is C23H23N5. The fourth-order valence-electron chi connectivity index (χ4n) is 4.85. The van der Waals surface area contributed by atoms with E-state index < -0.39 is 0 Å². The number of aromatic nitrogens is 1. The second-order valence-corrected chi connectivity index (χ2v) is 7.96. The van der Waals surface area contributed by atoms with E-state index >= 15 is 0 Å². The predicted molar refractivity (Wildman–Crippen MR) is 112 cm³/mol. The van der Waals surface area contributed by atoms with Crippen LogP contribution < -0.4 is 10.6 Å². The van der Waals surface area contributed by atoms with Gasteiger partial charge in [0.1, 0.15) is 6.07 Å². The van der Waals surface area contributed by atoms with Gasteiger partial charge in [0.05, 0.1) is 11.1 Å². The van der Waals surface area contributed by atoms with Crippen LogP contribution in [0.1, 0.15) is 23.6 Å². The number of hydrogen-bond acceptors (Lipinski definition) is 5. The Morgan fingerprint density at radius 3 is 2.89 bits per heavy atom. The highest BCUT2D eigenvalue weighted by molar-refractivity contribution is 5.95. The number of nitrogens with zero attached hydrogens (tertiary/aromatic N) is 4. The minimum absolute atomic E-state index is 0.451. The van der Waals surface area contributed by atoms with Crippen LogP contribution in [-0.2, 0) is 13.0 Å². The molecule has 5 heteroatoms. The lowest BCUT2D eigenvalue weighted by Gasteiger charge is -2.49. The standard InChI is InChI=1S/C23H23N5/c1-15-12-27(22-7-5-16(11-24)23-21(22)3-2-8-26-23)14-20-10-18-9-19(25)6-4-17(18)13-28(15)20/h2-9,15,20H,10,12-14,25H2,1H3. The zero-order valence-corrected chi connectivity index (χ0v) is 16.0. The third-order valence-electron chi connectivity index (χ3n) is 6.20. The van der Waals surface area contributed by atoms with Crippen molar-refractivity contribution in [1.29, 1.82) is 5.26 Å². The first-order chi connectivity index (χ1) is 13.6. The average Bonchev–Trinajstić information content (AvgIpc) is 2.71. The van der Waals surface area contributed by atoms with Crippen LogP contribution in [0, 0.1) is 11.3 Å². The Labute approximate surface area is 165 Å². The summed E-state index contributed by atoms with van der Waals surface area (Å²) in [7, 11) is 0. The zero-order valence-electron chi connectivity index (χ0n) is 16.0. The normalized spacial score (nSPS) is 21.8. The lowest BCUT2D eigenvalue weighted by molar-refractivity contribution is 0.101. The lowest BCUT2D eigenvalue weighted by atomic mass is 9.90. The van der Waals surface area contributed by atoms with Gasteiger partial charge >= 0.3 is 0 Å². The molecule has 2 aliphatic heterocycles. The number of fused-ring (bicyclic) bond motifs is 3. The smallest absolute Gasteiger partial charge is 0.101 e. The first-order valence-corrected chi connectivity index (χ1v) is 9.80. The van der Waals surface area contributed by atoms with Gasteiger partial charge in [-0.15, -0.1) is 0 Å². The Bertz CT molecular complexity index is 1100. The van der Waals surface area contributed by atoms with Gasteiger partial charge in [-0.1, -0.05) is 6.07 Å². The fraction of sp³-hybridized carbons (Fsp3) is 0.304. The van der Waals surface area contributed by atoms with Crippen molar-refractivity contribution in [2.75, 3.05) is 23.7 Å². The average molecular weight is 369 g/mol. The molecule has 0 amide bonds. The predicted octanol–water partition coefficient (Wildman–Crippen LogP) is 3.32. The van der Waals surface area contributed by atoms with Crippen molar-refractivity contribution < 1.29 is 0 Å². The Kier molecular flexibility index (Phi) is 3.96. The summed E-state index contributed by atoms with van der Waals surface area (Å²) >= 11 is 0. The van der Waals surface area contributed by atoms with Gasteiger partial charge in [0.15, 0.2) is 0 Å². The van der Waals surface area contributed by atoms with Crippen LogP contribution in [-0.4, -0.2) is 35.1 Å². The highest BCUT2D eigenvalue weighted by atomic mass is 15.3. The number of pyridine rings is 1. The number of rotatable bonds is 1. The Morgan fingerprint density at radius 2 is 2.04 bits per heavy atom. The molecule has 0 radical (unpaired) electrons. The molecule has 0 aliphatic carbocycles. The SMILES string of the molecule is CC1CN(c2ccc(C#N)c3ncccc23)CC2Cc3cc(N)ccc3CN12. The maximum atomic E-state index is 9.43. The molecule has 3 aromatic rings. The van der Waals surface area contributed by atoms with E-state index in [0.29, 0.717) is 17.6 Å². The van der Waals surface area contributed by atoms with Crippen LogP contribution in [0.25, 0.3) is 10.9 Å². The van der Waals surface area contributed by atoms with E-state index in [2.05, 4.69) is 52.0 Å². The van der Waals surface area contributed by atoms with Crippen molar-refractivity contribution in [2.45, 2.75) is 32.0 Å². The Morgan fingerprint density at radius 1 is 1.14 bits per heavy atom. The molecule has 5 nitrogen and oxygen atoms in total. The van der Waals surface area contributed by atoms with Crippen LogP contribution in [0.4, 0.5) is 11.4 Å². The molecule has 0 spiro atoms. The summed E-state index contributed by atoms with van der Waals surface area (Å²) in [6, 6.07) is 17.5. The van der Waals surface area contributed by atoms with Gasteiger partial charge in [-0.2, -0.15) is 5.26 Å². The van der Waals surface area contributed by atoms with E-state index in [-0.39, 0.29) is 0 Å². The van der Waals surface area contributed by atoms with Gasteiger partial charge in [-0.05, 0) is 60.9 Å². The van der Waals surface area contributed by atoms with Crippen LogP contribution in [0.3, 0.4) is 0 Å². The summed E-state index contributed by atoms with van der Waals surface area (Å²) in [6.45, 7) is 5.24. The third-order valence-corrected chi connectivity index (χ3v) is 6.20. The van der Waals surface area contributed by atoms with Gasteiger partial charge in [0.25, 0.3) is 0 Å². The van der Waals surface area contributed by atoms with Crippen LogP contribution >= 0.6 is 0 Å². The summed E-state index contributed by atoms with van der Waals surface area (Å²) < 4.78 is 0. The van der Waals surface area contributed by atoms with Crippen LogP contribution in [0.2, 0.25) is 0 Å². The number of benzene rings is 2. The summed E-state index contributed by atoms with van der Waals surface area (Å²) in [4.78, 5) is 9.56. The highest BCUT2D eigenvalue weighted by Gasteiger charge is 2.36. The summed E-state index contributed by atoms with van der Waals surface area (Å²) in [6.07, 6.45) is 2.78. The molecule has 1 saturated heterocycles. The quantitative estimate of drug-likeness (QED) is 0.667. The monoisotopic (exact) mass is 369 g/mol. The van der Waals surface area contributed by atoms with E-state index in [4.69, 9.17) is 5.73 Å². The maximum Gasteiger partial charge on any atom is 0.101 e. The molecule has 1 aromatic heterocycles. The van der Waals surface area contributed by atoms with Crippen molar-refractivity contribution in [2.24, 2.45) is 0 Å². The molecule has 3 heterocycles. The van der Waals surface area contributed by atoms with E-state index in [1.807, 2.05) is 18.2 Å². The van der Waals surface area contributed by atoms with Crippen molar-refractivity contribution in [1.82, 2.24) is 9.88 Å². The van der Waals surface area contributed by atoms with Gasteiger partial charge in [0, 0.05) is 54.7 Å². The van der Waals surface area contributed by atoms with Crippen molar-refractivity contribution in [3.05, 3.63) is 65.4 Å². The minimum Gasteiger partial charge on any atom is -0.399 e. The molecule has 0 bridgehead atoms. The Hall–Kier alpha value is -3.10. The number of nitrogen functional groups attached to an aromatic ring is 1. The summed E-state index contributed by atoms with van der Waals surface area (Å²) in [5, 5.41) is 10.5. The number of anilines is 2. The summed E-state index contributed by atoms with van der Waals surface area (Å²) in [5.41, 5.74) is 12.2. The molecule has 28 heavy (non-hydrogen) atoms. The summed E-state index contributed by atoms with van der Waals surface area (Å²) in [5.74, 6) is 0. The lowest BCUT2D eigenvalue weighted by Crippen LogP contribution is -2.59. The molecule has 1 fully saturated rings. The van der Waals surface area contributed by atoms with Gasteiger partial charge in [-0.3, -0.25) is 9.88 Å². The zero-order chi connectivity index (χ0) is 19.3. The molecule has 140 valence electrons. The second-order valence-electron chi connectivity index (χ2n) is 7.96. The third kappa shape index (κ3) is 2.69. The molecule has 2 N–H and O–H groups in total. The van der Waals surface area contributed by atoms with E-state index in [0.717, 1.165) is 42.6 Å². The van der Waals surface area contributed by atoms with Crippen LogP contribution in [0.5, 0.6) is 0 Å².